The van der Waals surface area contributed by atoms with Crippen LogP contribution in [0, 0.1) is 22.9 Å². The lowest BCUT2D eigenvalue weighted by Crippen LogP contribution is -2.07. The van der Waals surface area contributed by atoms with E-state index in [1.54, 1.807) is 6.92 Å². The lowest BCUT2D eigenvalue weighted by Gasteiger charge is -2.13. The third-order valence-electron chi connectivity index (χ3n) is 3.38. The number of hydrogen-bond donors (Lipinski definition) is 0. The summed E-state index contributed by atoms with van der Waals surface area (Å²) >= 11 is 0. The Morgan fingerprint density at radius 1 is 1.22 bits per heavy atom. The van der Waals surface area contributed by atoms with Crippen molar-refractivity contribution in [1.82, 2.24) is 0 Å². The van der Waals surface area contributed by atoms with E-state index >= 15 is 0 Å². The molecule has 23 heavy (non-hydrogen) atoms. The molecular formula is C16H14FNO5. The average Bonchev–Trinajstić information content (AvgIpc) is 2.54. The van der Waals surface area contributed by atoms with E-state index in [0.29, 0.717) is 11.3 Å². The fourth-order valence-electron chi connectivity index (χ4n) is 2.32. The predicted octanol–water partition coefficient (Wildman–Crippen LogP) is 3.50. The van der Waals surface area contributed by atoms with Gasteiger partial charge in [-0.05, 0) is 30.7 Å². The molecule has 0 heterocycles. The maximum atomic E-state index is 14.2. The number of halogens is 1. The first-order valence-electron chi connectivity index (χ1n) is 6.60. The minimum Gasteiger partial charge on any atom is -0.497 e. The van der Waals surface area contributed by atoms with Crippen molar-refractivity contribution in [3.05, 3.63) is 57.4 Å². The number of nitro groups is 1. The molecule has 0 saturated carbocycles. The van der Waals surface area contributed by atoms with Crippen molar-refractivity contribution in [3.63, 3.8) is 0 Å². The van der Waals surface area contributed by atoms with Gasteiger partial charge in [0, 0.05) is 23.3 Å². The van der Waals surface area contributed by atoms with E-state index < -0.39 is 16.7 Å². The number of hydrogen-bond acceptors (Lipinski definition) is 5. The number of ether oxygens (including phenoxy) is 2. The third-order valence-corrected chi connectivity index (χ3v) is 3.38. The van der Waals surface area contributed by atoms with Crippen molar-refractivity contribution >= 4 is 11.7 Å². The number of rotatable bonds is 4. The number of carbonyl (C=O) groups excluding carboxylic acids is 1. The Hall–Kier alpha value is -2.96. The van der Waals surface area contributed by atoms with Gasteiger partial charge in [0.25, 0.3) is 5.69 Å². The monoisotopic (exact) mass is 319 g/mol. The van der Waals surface area contributed by atoms with Crippen molar-refractivity contribution in [2.24, 2.45) is 0 Å². The number of esters is 1. The lowest BCUT2D eigenvalue weighted by molar-refractivity contribution is -0.384. The molecule has 0 bridgehead atoms. The van der Waals surface area contributed by atoms with E-state index in [9.17, 15) is 19.3 Å². The van der Waals surface area contributed by atoms with Gasteiger partial charge in [-0.25, -0.2) is 9.18 Å². The number of benzene rings is 2. The molecular weight excluding hydrogens is 305 g/mol. The molecule has 7 heteroatoms. The van der Waals surface area contributed by atoms with Gasteiger partial charge >= 0.3 is 5.97 Å². The average molecular weight is 319 g/mol. The first-order valence-corrected chi connectivity index (χ1v) is 6.60. The van der Waals surface area contributed by atoms with Crippen LogP contribution in [0.15, 0.2) is 30.3 Å². The molecule has 2 rings (SSSR count). The van der Waals surface area contributed by atoms with Crippen LogP contribution in [0.2, 0.25) is 0 Å². The van der Waals surface area contributed by atoms with Gasteiger partial charge in [0.1, 0.15) is 11.6 Å². The number of aryl methyl sites for hydroxylation is 1. The molecule has 0 spiro atoms. The van der Waals surface area contributed by atoms with Crippen molar-refractivity contribution in [3.8, 4) is 16.9 Å². The summed E-state index contributed by atoms with van der Waals surface area (Å²) < 4.78 is 24.0. The van der Waals surface area contributed by atoms with Crippen LogP contribution < -0.4 is 4.74 Å². The van der Waals surface area contributed by atoms with Gasteiger partial charge in [-0.3, -0.25) is 10.1 Å². The van der Waals surface area contributed by atoms with Gasteiger partial charge in [-0.15, -0.1) is 0 Å². The van der Waals surface area contributed by atoms with Crippen LogP contribution in [0.1, 0.15) is 15.9 Å². The summed E-state index contributed by atoms with van der Waals surface area (Å²) in [5.74, 6) is -0.961. The summed E-state index contributed by atoms with van der Waals surface area (Å²) in [5.41, 5.74) is 0.379. The van der Waals surface area contributed by atoms with Gasteiger partial charge in [-0.2, -0.15) is 0 Å². The predicted molar refractivity (Wildman–Crippen MR) is 81.1 cm³/mol. The Morgan fingerprint density at radius 2 is 1.91 bits per heavy atom. The zero-order valence-electron chi connectivity index (χ0n) is 12.8. The molecule has 0 N–H and O–H groups in total. The fourth-order valence-corrected chi connectivity index (χ4v) is 2.32. The lowest BCUT2D eigenvalue weighted by atomic mass is 9.93. The molecule has 0 aromatic heterocycles. The van der Waals surface area contributed by atoms with Gasteiger partial charge in [-0.1, -0.05) is 0 Å². The van der Waals surface area contributed by atoms with Crippen LogP contribution in [0.5, 0.6) is 5.75 Å². The summed E-state index contributed by atoms with van der Waals surface area (Å²) in [7, 11) is 2.59. The van der Waals surface area contributed by atoms with E-state index in [1.807, 2.05) is 0 Å². The van der Waals surface area contributed by atoms with E-state index in [4.69, 9.17) is 4.74 Å². The zero-order chi connectivity index (χ0) is 17.1. The maximum absolute atomic E-state index is 14.2. The quantitative estimate of drug-likeness (QED) is 0.489. The number of non-ortho nitro benzene ring substituents is 1. The first-order chi connectivity index (χ1) is 10.9. The van der Waals surface area contributed by atoms with Crippen LogP contribution >= 0.6 is 0 Å². The highest BCUT2D eigenvalue weighted by molar-refractivity contribution is 5.99. The van der Waals surface area contributed by atoms with Crippen LogP contribution in [-0.2, 0) is 4.74 Å². The molecule has 0 aliphatic carbocycles. The molecule has 0 atom stereocenters. The summed E-state index contributed by atoms with van der Waals surface area (Å²) in [6.45, 7) is 1.56. The Bertz CT molecular complexity index is 788. The highest BCUT2D eigenvalue weighted by Gasteiger charge is 2.23. The smallest absolute Gasteiger partial charge is 0.338 e. The number of nitro benzene ring substituents is 1. The Balaban J connectivity index is 2.80. The molecule has 0 saturated heterocycles. The molecule has 6 nitrogen and oxygen atoms in total. The Labute approximate surface area is 131 Å². The molecule has 0 radical (unpaired) electrons. The summed E-state index contributed by atoms with van der Waals surface area (Å²) in [6, 6.07) is 6.43. The van der Waals surface area contributed by atoms with Gasteiger partial charge < -0.3 is 9.47 Å². The molecule has 0 aliphatic heterocycles. The van der Waals surface area contributed by atoms with Crippen LogP contribution in [0.3, 0.4) is 0 Å². The summed E-state index contributed by atoms with van der Waals surface area (Å²) in [4.78, 5) is 22.4. The summed E-state index contributed by atoms with van der Waals surface area (Å²) in [5, 5.41) is 11.0. The van der Waals surface area contributed by atoms with Crippen LogP contribution in [0.25, 0.3) is 11.1 Å². The second kappa shape index (κ2) is 6.43. The SMILES string of the molecule is COC(=O)c1cc([N+](=O)[O-])cc(C)c1-c1cc(OC)ccc1F. The molecule has 2 aromatic carbocycles. The van der Waals surface area contributed by atoms with Gasteiger partial charge in [0.05, 0.1) is 24.7 Å². The standard InChI is InChI=1S/C16H14FNO5/c1-9-6-10(18(20)21)7-13(16(19)23-3)15(9)12-8-11(22-2)4-5-14(12)17/h4-8H,1-3H3. The Morgan fingerprint density at radius 3 is 2.48 bits per heavy atom. The first kappa shape index (κ1) is 16.4. The van der Waals surface area contributed by atoms with Gasteiger partial charge in [0.2, 0.25) is 0 Å². The highest BCUT2D eigenvalue weighted by Crippen LogP contribution is 2.35. The van der Waals surface area contributed by atoms with E-state index in [2.05, 4.69) is 4.74 Å². The minimum absolute atomic E-state index is 0.0775. The molecule has 120 valence electrons. The third kappa shape index (κ3) is 3.13. The Kier molecular flexibility index (Phi) is 4.59. The number of methoxy groups -OCH3 is 2. The summed E-state index contributed by atoms with van der Waals surface area (Å²) in [6.07, 6.45) is 0. The van der Waals surface area contributed by atoms with Crippen molar-refractivity contribution in [1.29, 1.82) is 0 Å². The molecule has 0 amide bonds. The number of nitrogens with zero attached hydrogens (tertiary/aromatic N) is 1. The highest BCUT2D eigenvalue weighted by atomic mass is 19.1. The largest absolute Gasteiger partial charge is 0.497 e. The topological polar surface area (TPSA) is 78.7 Å². The fraction of sp³-hybridized carbons (Fsp3) is 0.188. The number of carbonyl (C=O) groups is 1. The zero-order valence-corrected chi connectivity index (χ0v) is 12.8. The van der Waals surface area contributed by atoms with E-state index in [1.165, 1.54) is 31.4 Å². The van der Waals surface area contributed by atoms with Crippen molar-refractivity contribution < 1.29 is 23.6 Å². The van der Waals surface area contributed by atoms with E-state index in [0.717, 1.165) is 13.2 Å². The second-order valence-corrected chi connectivity index (χ2v) is 4.78. The molecule has 0 unspecified atom stereocenters. The maximum Gasteiger partial charge on any atom is 0.338 e. The molecule has 0 fully saturated rings. The van der Waals surface area contributed by atoms with Crippen LogP contribution in [-0.4, -0.2) is 25.1 Å². The van der Waals surface area contributed by atoms with Crippen molar-refractivity contribution in [2.75, 3.05) is 14.2 Å². The minimum atomic E-state index is -0.783. The van der Waals surface area contributed by atoms with Crippen molar-refractivity contribution in [2.45, 2.75) is 6.92 Å². The van der Waals surface area contributed by atoms with Crippen LogP contribution in [0.4, 0.5) is 10.1 Å². The van der Waals surface area contributed by atoms with E-state index in [-0.39, 0.29) is 22.4 Å². The second-order valence-electron chi connectivity index (χ2n) is 4.78. The molecule has 0 aliphatic rings. The normalized spacial score (nSPS) is 10.3. The molecule has 2 aromatic rings. The van der Waals surface area contributed by atoms with Gasteiger partial charge in [0.15, 0.2) is 0 Å².